The second-order valence-corrected chi connectivity index (χ2v) is 8.96. The molecule has 0 unspecified atom stereocenters. The first-order chi connectivity index (χ1) is 7.01. The van der Waals surface area contributed by atoms with E-state index < -0.39 is 7.26 Å². The van der Waals surface area contributed by atoms with Gasteiger partial charge in [0.1, 0.15) is 6.61 Å². The van der Waals surface area contributed by atoms with Gasteiger partial charge in [0.15, 0.2) is 0 Å². The molecule has 0 saturated heterocycles. The molecule has 2 nitrogen and oxygen atoms in total. The van der Waals surface area contributed by atoms with Gasteiger partial charge in [0.2, 0.25) is 0 Å². The van der Waals surface area contributed by atoms with Crippen LogP contribution < -0.4 is 12.4 Å². The molecule has 0 heterocycles. The van der Waals surface area contributed by atoms with Crippen molar-refractivity contribution in [1.82, 2.24) is 0 Å². The van der Waals surface area contributed by atoms with Gasteiger partial charge in [-0.25, -0.2) is 4.79 Å². The SMILES string of the molecule is C=C(C)C(=O)OCC[P+](CC)(CC)CC.[Cl-]. The van der Waals surface area contributed by atoms with E-state index in [1.165, 1.54) is 18.5 Å². The molecule has 0 atom stereocenters. The minimum Gasteiger partial charge on any atom is -1.00 e. The quantitative estimate of drug-likeness (QED) is 0.374. The molecule has 0 aromatic heterocycles. The van der Waals surface area contributed by atoms with Crippen LogP contribution in [0.3, 0.4) is 0 Å². The second-order valence-electron chi connectivity index (χ2n) is 3.93. The zero-order valence-corrected chi connectivity index (χ0v) is 12.5. The monoisotopic (exact) mass is 266 g/mol. The topological polar surface area (TPSA) is 26.3 Å². The summed E-state index contributed by atoms with van der Waals surface area (Å²) in [5, 5.41) is 0. The van der Waals surface area contributed by atoms with Crippen LogP contribution in [0.1, 0.15) is 27.7 Å². The van der Waals surface area contributed by atoms with Gasteiger partial charge in [-0.05, 0) is 27.7 Å². The summed E-state index contributed by atoms with van der Waals surface area (Å²) in [6.07, 6.45) is 4.83. The van der Waals surface area contributed by atoms with Gasteiger partial charge >= 0.3 is 5.97 Å². The van der Waals surface area contributed by atoms with Crippen LogP contribution in [0.2, 0.25) is 0 Å². The molecule has 0 bridgehead atoms. The zero-order valence-electron chi connectivity index (χ0n) is 10.9. The van der Waals surface area contributed by atoms with Gasteiger partial charge in [-0.1, -0.05) is 6.58 Å². The minimum atomic E-state index is -0.832. The van der Waals surface area contributed by atoms with Crippen molar-refractivity contribution < 1.29 is 21.9 Å². The van der Waals surface area contributed by atoms with Gasteiger partial charge < -0.3 is 17.1 Å². The lowest BCUT2D eigenvalue weighted by Crippen LogP contribution is -3.00. The highest BCUT2D eigenvalue weighted by Crippen LogP contribution is 2.57. The molecule has 0 N–H and O–H groups in total. The predicted molar refractivity (Wildman–Crippen MR) is 69.2 cm³/mol. The fraction of sp³-hybridized carbons (Fsp3) is 0.750. The first-order valence-electron chi connectivity index (χ1n) is 5.69. The number of ether oxygens (including phenoxy) is 1. The van der Waals surface area contributed by atoms with Crippen molar-refractivity contribution in [3.05, 3.63) is 12.2 Å². The largest absolute Gasteiger partial charge is 1.00 e. The Bertz CT molecular complexity index is 217. The maximum Gasteiger partial charge on any atom is 0.333 e. The van der Waals surface area contributed by atoms with E-state index in [0.29, 0.717) is 12.2 Å². The Hall–Kier alpha value is -0.0700. The molecule has 0 fully saturated rings. The predicted octanol–water partition coefficient (Wildman–Crippen LogP) is 0.187. The lowest BCUT2D eigenvalue weighted by Gasteiger charge is -2.23. The molecule has 0 rings (SSSR count). The number of carbonyl (C=O) groups is 1. The fourth-order valence-corrected chi connectivity index (χ4v) is 4.37. The number of carbonyl (C=O) groups excluding carboxylic acids is 1. The van der Waals surface area contributed by atoms with Crippen LogP contribution in [0, 0.1) is 0 Å². The minimum absolute atomic E-state index is 0. The number of hydrogen-bond donors (Lipinski definition) is 0. The lowest BCUT2D eigenvalue weighted by atomic mass is 10.4. The first kappa shape index (κ1) is 18.3. The summed E-state index contributed by atoms with van der Waals surface area (Å²) >= 11 is 0. The van der Waals surface area contributed by atoms with E-state index in [2.05, 4.69) is 27.4 Å². The zero-order chi connectivity index (χ0) is 11.9. The van der Waals surface area contributed by atoms with Crippen molar-refractivity contribution >= 4 is 13.2 Å². The molecule has 0 aliphatic rings. The highest BCUT2D eigenvalue weighted by atomic mass is 35.5. The Labute approximate surface area is 107 Å². The Balaban J connectivity index is 0. The Morgan fingerprint density at radius 3 is 1.94 bits per heavy atom. The Kier molecular flexibility index (Phi) is 10.3. The van der Waals surface area contributed by atoms with Crippen LogP contribution in [0.25, 0.3) is 0 Å². The second kappa shape index (κ2) is 9.01. The standard InChI is InChI=1S/C12H24O2P.ClH/c1-6-15(7-2,8-3)10-9-14-12(13)11(4)5;/h4,6-10H2,1-3,5H3;1H/q+1;/p-1. The molecule has 0 amide bonds. The third kappa shape index (κ3) is 5.86. The summed E-state index contributed by atoms with van der Waals surface area (Å²) in [4.78, 5) is 11.2. The van der Waals surface area contributed by atoms with Crippen LogP contribution in [0.15, 0.2) is 12.2 Å². The van der Waals surface area contributed by atoms with Gasteiger partial charge in [0, 0.05) is 12.8 Å². The summed E-state index contributed by atoms with van der Waals surface area (Å²) in [5.41, 5.74) is 0.489. The molecule has 0 aliphatic heterocycles. The van der Waals surface area contributed by atoms with Crippen molar-refractivity contribution in [1.29, 1.82) is 0 Å². The van der Waals surface area contributed by atoms with Crippen molar-refractivity contribution in [2.45, 2.75) is 27.7 Å². The van der Waals surface area contributed by atoms with Crippen LogP contribution in [0.4, 0.5) is 0 Å². The maximum absolute atomic E-state index is 11.2. The molecule has 0 spiro atoms. The Morgan fingerprint density at radius 1 is 1.19 bits per heavy atom. The van der Waals surface area contributed by atoms with Crippen LogP contribution in [-0.2, 0) is 9.53 Å². The van der Waals surface area contributed by atoms with E-state index in [4.69, 9.17) is 4.74 Å². The van der Waals surface area contributed by atoms with E-state index in [0.717, 1.165) is 6.16 Å². The van der Waals surface area contributed by atoms with Gasteiger partial charge in [-0.2, -0.15) is 0 Å². The Morgan fingerprint density at radius 2 is 1.62 bits per heavy atom. The third-order valence-corrected chi connectivity index (χ3v) is 8.32. The van der Waals surface area contributed by atoms with Crippen LogP contribution >= 0.6 is 7.26 Å². The van der Waals surface area contributed by atoms with Crippen molar-refractivity contribution in [2.24, 2.45) is 0 Å². The fourth-order valence-electron chi connectivity index (χ4n) is 1.60. The molecule has 0 aromatic carbocycles. The van der Waals surface area contributed by atoms with E-state index >= 15 is 0 Å². The van der Waals surface area contributed by atoms with Gasteiger partial charge in [-0.15, -0.1) is 0 Å². The number of esters is 1. The van der Waals surface area contributed by atoms with E-state index in [-0.39, 0.29) is 18.4 Å². The van der Waals surface area contributed by atoms with Gasteiger partial charge in [0.25, 0.3) is 0 Å². The number of halogens is 1. The molecule has 0 saturated carbocycles. The van der Waals surface area contributed by atoms with Crippen molar-refractivity contribution in [2.75, 3.05) is 31.3 Å². The van der Waals surface area contributed by atoms with E-state index in [1.807, 2.05) is 0 Å². The molecule has 0 radical (unpaired) electrons. The maximum atomic E-state index is 11.2. The highest BCUT2D eigenvalue weighted by Gasteiger charge is 2.30. The summed E-state index contributed by atoms with van der Waals surface area (Å²) in [7, 11) is -0.832. The lowest BCUT2D eigenvalue weighted by molar-refractivity contribution is -0.138. The summed E-state index contributed by atoms with van der Waals surface area (Å²) in [6.45, 7) is 12.6. The summed E-state index contributed by atoms with van der Waals surface area (Å²) < 4.78 is 5.15. The average molecular weight is 267 g/mol. The third-order valence-electron chi connectivity index (χ3n) is 3.16. The van der Waals surface area contributed by atoms with Crippen LogP contribution in [-0.4, -0.2) is 37.2 Å². The molecule has 16 heavy (non-hydrogen) atoms. The van der Waals surface area contributed by atoms with Crippen LogP contribution in [0.5, 0.6) is 0 Å². The molecule has 96 valence electrons. The van der Waals surface area contributed by atoms with E-state index in [1.54, 1.807) is 6.92 Å². The number of hydrogen-bond acceptors (Lipinski definition) is 2. The molecule has 4 heteroatoms. The molecule has 0 aromatic rings. The molecular formula is C12H24ClO2P. The molecular weight excluding hydrogens is 243 g/mol. The van der Waals surface area contributed by atoms with Gasteiger partial charge in [0.05, 0.1) is 24.6 Å². The summed E-state index contributed by atoms with van der Waals surface area (Å²) in [5.74, 6) is -0.253. The number of rotatable bonds is 7. The highest BCUT2D eigenvalue weighted by molar-refractivity contribution is 7.75. The van der Waals surface area contributed by atoms with E-state index in [9.17, 15) is 4.79 Å². The molecule has 0 aliphatic carbocycles. The van der Waals surface area contributed by atoms with Crippen molar-refractivity contribution in [3.63, 3.8) is 0 Å². The van der Waals surface area contributed by atoms with Crippen molar-refractivity contribution in [3.8, 4) is 0 Å². The normalized spacial score (nSPS) is 10.5. The smallest absolute Gasteiger partial charge is 0.333 e. The first-order valence-corrected chi connectivity index (χ1v) is 8.22. The average Bonchev–Trinajstić information content (AvgIpc) is 2.24. The summed E-state index contributed by atoms with van der Waals surface area (Å²) in [6, 6.07) is 0. The van der Waals surface area contributed by atoms with Gasteiger partial charge in [-0.3, -0.25) is 0 Å².